The summed E-state index contributed by atoms with van der Waals surface area (Å²) in [4.78, 5) is 35.8. The summed E-state index contributed by atoms with van der Waals surface area (Å²) in [6.45, 7) is 2.40. The molecule has 3 N–H and O–H groups in total. The molecule has 0 aromatic rings. The van der Waals surface area contributed by atoms with E-state index in [1.165, 1.54) is 0 Å². The zero-order valence-electron chi connectivity index (χ0n) is 18.1. The van der Waals surface area contributed by atoms with Crippen molar-refractivity contribution in [3.8, 4) is 0 Å². The van der Waals surface area contributed by atoms with E-state index in [0.29, 0.717) is 44.9 Å². The minimum absolute atomic E-state index is 0.0000847. The van der Waals surface area contributed by atoms with Crippen molar-refractivity contribution in [3.63, 3.8) is 0 Å². The van der Waals surface area contributed by atoms with Crippen molar-refractivity contribution in [1.82, 2.24) is 0 Å². The molecular weight excluding hydrogens is 400 g/mol. The second kappa shape index (κ2) is 6.64. The van der Waals surface area contributed by atoms with Gasteiger partial charge in [0, 0.05) is 29.7 Å². The third-order valence-corrected chi connectivity index (χ3v) is 10.1. The lowest BCUT2D eigenvalue weighted by Crippen LogP contribution is -2.68. The van der Waals surface area contributed by atoms with E-state index in [4.69, 9.17) is 4.74 Å². The maximum Gasteiger partial charge on any atom is 0.331 e. The molecule has 5 aliphatic rings. The van der Waals surface area contributed by atoms with Gasteiger partial charge in [0.2, 0.25) is 0 Å². The third-order valence-electron chi connectivity index (χ3n) is 10.1. The highest BCUT2D eigenvalue weighted by Gasteiger charge is 2.71. The van der Waals surface area contributed by atoms with E-state index >= 15 is 0 Å². The van der Waals surface area contributed by atoms with E-state index in [9.17, 15) is 29.7 Å². The number of cyclic esters (lactones) is 1. The second-order valence-electron chi connectivity index (χ2n) is 11.0. The predicted octanol–water partition coefficient (Wildman–Crippen LogP) is 2.38. The zero-order chi connectivity index (χ0) is 22.2. The summed E-state index contributed by atoms with van der Waals surface area (Å²) in [7, 11) is 0. The number of hydrogen-bond donors (Lipinski definition) is 3. The van der Waals surface area contributed by atoms with Crippen LogP contribution >= 0.6 is 0 Å². The lowest BCUT2D eigenvalue weighted by molar-refractivity contribution is -0.251. The molecule has 4 aliphatic carbocycles. The quantitative estimate of drug-likeness (QED) is 0.586. The Kier molecular flexibility index (Phi) is 4.53. The molecule has 170 valence electrons. The van der Waals surface area contributed by atoms with Gasteiger partial charge in [-0.2, -0.15) is 0 Å². The van der Waals surface area contributed by atoms with Crippen LogP contribution in [-0.2, 0) is 19.1 Å². The van der Waals surface area contributed by atoms with Gasteiger partial charge < -0.3 is 20.1 Å². The molecule has 7 atom stereocenters. The van der Waals surface area contributed by atoms with Crippen LogP contribution in [0.5, 0.6) is 0 Å². The maximum atomic E-state index is 12.2. The van der Waals surface area contributed by atoms with Gasteiger partial charge in [0.25, 0.3) is 0 Å². The standard InChI is InChI=1S/C24H32O7/c1-21-6-3-17-18(24(21,30)9-5-16(21)14-10-20(28)31-13-14)4-8-23(29)11-15(25)2-7-22(17,23)12-19(26)27/h10,16-18,29-30H,2-9,11-13H2,1H3,(H,26,27)/t16-,17+,18-,21-,22+,23+,24+/m1/s1. The van der Waals surface area contributed by atoms with E-state index in [1.807, 2.05) is 0 Å². The molecule has 0 spiro atoms. The molecule has 0 bridgehead atoms. The Hall–Kier alpha value is -1.73. The Bertz CT molecular complexity index is 879. The molecule has 0 saturated heterocycles. The number of carboxylic acids is 1. The third kappa shape index (κ3) is 2.68. The minimum atomic E-state index is -1.31. The van der Waals surface area contributed by atoms with Gasteiger partial charge in [-0.25, -0.2) is 4.79 Å². The molecule has 7 heteroatoms. The number of carbonyl (C=O) groups excluding carboxylic acids is 2. The summed E-state index contributed by atoms with van der Waals surface area (Å²) in [5.41, 5.74) is -2.63. The van der Waals surface area contributed by atoms with E-state index < -0.39 is 28.0 Å². The molecule has 0 radical (unpaired) electrons. The fourth-order valence-electron chi connectivity index (χ4n) is 8.65. The number of esters is 1. The number of carboxylic acid groups (broad SMARTS) is 1. The number of hydrogen-bond acceptors (Lipinski definition) is 6. The van der Waals surface area contributed by atoms with Crippen LogP contribution in [0.4, 0.5) is 0 Å². The summed E-state index contributed by atoms with van der Waals surface area (Å²) < 4.78 is 5.15. The molecular formula is C24H32O7. The first kappa shape index (κ1) is 21.1. The smallest absolute Gasteiger partial charge is 0.331 e. The van der Waals surface area contributed by atoms with Crippen LogP contribution in [0.25, 0.3) is 0 Å². The summed E-state index contributed by atoms with van der Waals surface area (Å²) >= 11 is 0. The first-order chi connectivity index (χ1) is 14.5. The second-order valence-corrected chi connectivity index (χ2v) is 11.0. The number of Topliss-reactive ketones (excluding diaryl/α,β-unsaturated/α-hetero) is 1. The van der Waals surface area contributed by atoms with Crippen molar-refractivity contribution in [2.75, 3.05) is 6.61 Å². The van der Waals surface area contributed by atoms with E-state index in [1.54, 1.807) is 6.08 Å². The summed E-state index contributed by atoms with van der Waals surface area (Å²) in [5.74, 6) is -1.47. The fourth-order valence-corrected chi connectivity index (χ4v) is 8.65. The van der Waals surface area contributed by atoms with Crippen molar-refractivity contribution in [1.29, 1.82) is 0 Å². The highest BCUT2D eigenvalue weighted by atomic mass is 16.5. The lowest BCUT2D eigenvalue weighted by Gasteiger charge is -2.66. The van der Waals surface area contributed by atoms with Gasteiger partial charge in [-0.1, -0.05) is 6.92 Å². The molecule has 31 heavy (non-hydrogen) atoms. The van der Waals surface area contributed by atoms with Gasteiger partial charge in [0.05, 0.1) is 17.6 Å². The Labute approximate surface area is 181 Å². The molecule has 5 rings (SSSR count). The van der Waals surface area contributed by atoms with E-state index in [-0.39, 0.29) is 49.0 Å². The van der Waals surface area contributed by atoms with Crippen molar-refractivity contribution >= 4 is 17.7 Å². The first-order valence-corrected chi connectivity index (χ1v) is 11.6. The Morgan fingerprint density at radius 2 is 1.84 bits per heavy atom. The summed E-state index contributed by atoms with van der Waals surface area (Å²) in [6.07, 6.45) is 5.82. The zero-order valence-corrected chi connectivity index (χ0v) is 18.1. The average Bonchev–Trinajstić information content (AvgIpc) is 3.22. The molecule has 4 fully saturated rings. The molecule has 4 saturated carbocycles. The number of ketones is 1. The Balaban J connectivity index is 1.54. The number of aliphatic carboxylic acids is 1. The minimum Gasteiger partial charge on any atom is -0.481 e. The van der Waals surface area contributed by atoms with Crippen LogP contribution < -0.4 is 0 Å². The largest absolute Gasteiger partial charge is 0.481 e. The topological polar surface area (TPSA) is 121 Å². The highest BCUT2D eigenvalue weighted by molar-refractivity contribution is 5.85. The molecule has 0 aromatic carbocycles. The molecule has 7 nitrogen and oxygen atoms in total. The van der Waals surface area contributed by atoms with Gasteiger partial charge >= 0.3 is 11.9 Å². The number of ether oxygens (including phenoxy) is 1. The predicted molar refractivity (Wildman–Crippen MR) is 109 cm³/mol. The van der Waals surface area contributed by atoms with Crippen molar-refractivity contribution < 1.29 is 34.4 Å². The monoisotopic (exact) mass is 432 g/mol. The van der Waals surface area contributed by atoms with Crippen LogP contribution in [-0.4, -0.2) is 50.9 Å². The lowest BCUT2D eigenvalue weighted by atomic mass is 9.41. The van der Waals surface area contributed by atoms with Crippen molar-refractivity contribution in [2.24, 2.45) is 28.6 Å². The van der Waals surface area contributed by atoms with Gasteiger partial charge in [-0.05, 0) is 68.3 Å². The number of aliphatic hydroxyl groups is 2. The number of carbonyl (C=O) groups is 3. The number of fused-ring (bicyclic) bond motifs is 5. The SMILES string of the molecule is C[C@]12CC[C@H]3[C@@H](CC[C@]4(O)CC(=O)CC[C@]34CC(=O)O)[C@@]1(O)CC[C@@H]2C1=CC(=O)OC1. The summed E-state index contributed by atoms with van der Waals surface area (Å²) in [5, 5.41) is 33.6. The van der Waals surface area contributed by atoms with Gasteiger partial charge in [0.1, 0.15) is 12.4 Å². The molecule has 0 aromatic heterocycles. The molecule has 1 heterocycles. The Morgan fingerprint density at radius 1 is 1.10 bits per heavy atom. The van der Waals surface area contributed by atoms with Crippen LogP contribution in [0.1, 0.15) is 71.1 Å². The number of rotatable bonds is 3. The van der Waals surface area contributed by atoms with E-state index in [0.717, 1.165) is 12.0 Å². The highest BCUT2D eigenvalue weighted by Crippen LogP contribution is 2.71. The Morgan fingerprint density at radius 3 is 2.52 bits per heavy atom. The maximum absolute atomic E-state index is 12.2. The average molecular weight is 433 g/mol. The first-order valence-electron chi connectivity index (χ1n) is 11.6. The fraction of sp³-hybridized carbons (Fsp3) is 0.792. The van der Waals surface area contributed by atoms with E-state index in [2.05, 4.69) is 6.92 Å². The summed E-state index contributed by atoms with van der Waals surface area (Å²) in [6, 6.07) is 0. The van der Waals surface area contributed by atoms with Crippen LogP contribution in [0, 0.1) is 28.6 Å². The van der Waals surface area contributed by atoms with Crippen molar-refractivity contribution in [3.05, 3.63) is 11.6 Å². The van der Waals surface area contributed by atoms with Gasteiger partial charge in [0.15, 0.2) is 0 Å². The van der Waals surface area contributed by atoms with Gasteiger partial charge in [-0.3, -0.25) is 9.59 Å². The molecule has 0 unspecified atom stereocenters. The molecule has 1 aliphatic heterocycles. The van der Waals surface area contributed by atoms with Gasteiger partial charge in [-0.15, -0.1) is 0 Å². The van der Waals surface area contributed by atoms with Crippen LogP contribution in [0.3, 0.4) is 0 Å². The van der Waals surface area contributed by atoms with Crippen LogP contribution in [0.2, 0.25) is 0 Å². The normalized spacial score (nSPS) is 49.0. The van der Waals surface area contributed by atoms with Crippen molar-refractivity contribution in [2.45, 2.75) is 82.3 Å². The van der Waals surface area contributed by atoms with Crippen LogP contribution in [0.15, 0.2) is 11.6 Å². The molecule has 0 amide bonds.